The maximum atomic E-state index is 13.4. The molecule has 1 N–H and O–H groups in total. The van der Waals surface area contributed by atoms with E-state index in [9.17, 15) is 4.79 Å². The van der Waals surface area contributed by atoms with Gasteiger partial charge in [-0.2, -0.15) is 0 Å². The van der Waals surface area contributed by atoms with Gasteiger partial charge >= 0.3 is 6.09 Å². The van der Waals surface area contributed by atoms with E-state index in [-0.39, 0.29) is 12.5 Å². The van der Waals surface area contributed by atoms with Crippen LogP contribution >= 0.6 is 0 Å². The maximum absolute atomic E-state index is 13.4. The highest BCUT2D eigenvalue weighted by molar-refractivity contribution is 5.79. The Balaban J connectivity index is 1.03. The van der Waals surface area contributed by atoms with Gasteiger partial charge < -0.3 is 19.5 Å². The standard InChI is InChI=1S/C41H45NO4/c43-41(45-28-37-33-20-12-10-18-31(33)32-19-11-13-21-34(32)37)42-40-35-22-14-15-23-38(35)46-39-26-30(24-25-36(39)40)44-27-29-16-8-6-4-2-1-3-5-7-9-17-29/h10-15,18-26,29,37,40H,1-9,16-17,27-28H2,(H,42,43). The molecule has 4 aromatic carbocycles. The van der Waals surface area contributed by atoms with Crippen LogP contribution < -0.4 is 14.8 Å². The number of hydrogen-bond donors (Lipinski definition) is 1. The van der Waals surface area contributed by atoms with E-state index in [0.717, 1.165) is 29.2 Å². The highest BCUT2D eigenvalue weighted by Gasteiger charge is 2.32. The van der Waals surface area contributed by atoms with E-state index in [1.165, 1.54) is 92.9 Å². The van der Waals surface area contributed by atoms with Crippen molar-refractivity contribution in [3.05, 3.63) is 113 Å². The molecule has 238 valence electrons. The lowest BCUT2D eigenvalue weighted by Crippen LogP contribution is -2.32. The summed E-state index contributed by atoms with van der Waals surface area (Å²) in [4.78, 5) is 13.4. The number of hydrogen-bond acceptors (Lipinski definition) is 4. The average molecular weight is 616 g/mol. The molecule has 46 heavy (non-hydrogen) atoms. The Morgan fingerprint density at radius 3 is 1.87 bits per heavy atom. The summed E-state index contributed by atoms with van der Waals surface area (Å²) in [7, 11) is 0. The number of alkyl carbamates (subject to hydrolysis) is 1. The van der Waals surface area contributed by atoms with E-state index >= 15 is 0 Å². The summed E-state index contributed by atoms with van der Waals surface area (Å²) in [5.74, 6) is 2.84. The Hall–Kier alpha value is -4.25. The number of ether oxygens (including phenoxy) is 3. The van der Waals surface area contributed by atoms with Gasteiger partial charge in [-0.1, -0.05) is 125 Å². The lowest BCUT2D eigenvalue weighted by Gasteiger charge is -2.29. The predicted molar refractivity (Wildman–Crippen MR) is 183 cm³/mol. The van der Waals surface area contributed by atoms with Crippen molar-refractivity contribution in [3.8, 4) is 28.4 Å². The van der Waals surface area contributed by atoms with Crippen LogP contribution in [0.15, 0.2) is 91.0 Å². The van der Waals surface area contributed by atoms with Gasteiger partial charge in [-0.05, 0) is 59.2 Å². The zero-order chi connectivity index (χ0) is 31.1. The summed E-state index contributed by atoms with van der Waals surface area (Å²) in [6, 6.07) is 30.3. The second-order valence-corrected chi connectivity index (χ2v) is 13.2. The van der Waals surface area contributed by atoms with Crippen molar-refractivity contribution in [2.45, 2.75) is 82.6 Å². The van der Waals surface area contributed by atoms with Crippen LogP contribution in [0, 0.1) is 5.92 Å². The van der Waals surface area contributed by atoms with Crippen molar-refractivity contribution < 1.29 is 19.0 Å². The quantitative estimate of drug-likeness (QED) is 0.234. The van der Waals surface area contributed by atoms with E-state index < -0.39 is 12.1 Å². The summed E-state index contributed by atoms with van der Waals surface area (Å²) in [5, 5.41) is 3.16. The molecular formula is C41H45NO4. The molecule has 0 aromatic heterocycles. The molecule has 2 aliphatic carbocycles. The third-order valence-electron chi connectivity index (χ3n) is 10.1. The lowest BCUT2D eigenvalue weighted by molar-refractivity contribution is 0.140. The average Bonchev–Trinajstić information content (AvgIpc) is 3.40. The zero-order valence-electron chi connectivity index (χ0n) is 26.7. The normalized spacial score (nSPS) is 18.4. The van der Waals surface area contributed by atoms with Crippen LogP contribution in [-0.4, -0.2) is 19.3 Å². The van der Waals surface area contributed by atoms with Crippen molar-refractivity contribution >= 4 is 6.09 Å². The Morgan fingerprint density at radius 2 is 1.20 bits per heavy atom. The second kappa shape index (κ2) is 14.5. The molecule has 0 radical (unpaired) electrons. The molecule has 1 aliphatic heterocycles. The molecule has 0 saturated heterocycles. The maximum Gasteiger partial charge on any atom is 0.407 e. The molecule has 1 unspecified atom stereocenters. The van der Waals surface area contributed by atoms with Crippen LogP contribution in [0.2, 0.25) is 0 Å². The Bertz CT molecular complexity index is 1590. The SMILES string of the molecule is O=C(NC1c2ccccc2Oc2cc(OCC3CCCCCCCCCCC3)ccc21)OCC1c2ccccc2-c2ccccc21. The molecule has 1 atom stereocenters. The number of nitrogens with one attached hydrogen (secondary N) is 1. The van der Waals surface area contributed by atoms with Gasteiger partial charge in [-0.3, -0.25) is 0 Å². The van der Waals surface area contributed by atoms with Crippen LogP contribution in [-0.2, 0) is 4.74 Å². The molecule has 3 aliphatic rings. The van der Waals surface area contributed by atoms with E-state index in [1.807, 2.05) is 54.6 Å². The minimum Gasteiger partial charge on any atom is -0.493 e. The van der Waals surface area contributed by atoms with E-state index in [4.69, 9.17) is 14.2 Å². The third-order valence-corrected chi connectivity index (χ3v) is 10.1. The molecule has 5 heteroatoms. The zero-order valence-corrected chi connectivity index (χ0v) is 26.7. The van der Waals surface area contributed by atoms with Gasteiger partial charge in [-0.25, -0.2) is 4.79 Å². The number of rotatable bonds is 6. The fourth-order valence-electron chi connectivity index (χ4n) is 7.57. The van der Waals surface area contributed by atoms with Gasteiger partial charge in [0.25, 0.3) is 0 Å². The van der Waals surface area contributed by atoms with Crippen LogP contribution in [0.25, 0.3) is 11.1 Å². The highest BCUT2D eigenvalue weighted by atomic mass is 16.5. The fraction of sp³-hybridized carbons (Fsp3) is 0.390. The molecule has 1 heterocycles. The summed E-state index contributed by atoms with van der Waals surface area (Å²) in [5.41, 5.74) is 6.62. The van der Waals surface area contributed by atoms with Crippen LogP contribution in [0.3, 0.4) is 0 Å². The van der Waals surface area contributed by atoms with Gasteiger partial charge in [0.2, 0.25) is 0 Å². The van der Waals surface area contributed by atoms with Gasteiger partial charge in [0.1, 0.15) is 23.9 Å². The van der Waals surface area contributed by atoms with E-state index in [1.54, 1.807) is 0 Å². The van der Waals surface area contributed by atoms with E-state index in [0.29, 0.717) is 11.7 Å². The van der Waals surface area contributed by atoms with Crippen molar-refractivity contribution in [1.29, 1.82) is 0 Å². The number of para-hydroxylation sites is 1. The number of carbonyl (C=O) groups excluding carboxylic acids is 1. The number of amides is 1. The molecule has 0 spiro atoms. The summed E-state index contributed by atoms with van der Waals surface area (Å²) in [6.45, 7) is 1.00. The van der Waals surface area contributed by atoms with Crippen molar-refractivity contribution in [1.82, 2.24) is 5.32 Å². The molecule has 0 bridgehead atoms. The Kier molecular flexibility index (Phi) is 9.55. The first-order valence-electron chi connectivity index (χ1n) is 17.4. The monoisotopic (exact) mass is 615 g/mol. The fourth-order valence-corrected chi connectivity index (χ4v) is 7.57. The number of benzene rings is 4. The second-order valence-electron chi connectivity index (χ2n) is 13.2. The summed E-state index contributed by atoms with van der Waals surface area (Å²) < 4.78 is 18.7. The predicted octanol–water partition coefficient (Wildman–Crippen LogP) is 10.7. The first-order valence-corrected chi connectivity index (χ1v) is 17.4. The van der Waals surface area contributed by atoms with Crippen LogP contribution in [0.4, 0.5) is 4.79 Å². The van der Waals surface area contributed by atoms with Gasteiger partial charge in [-0.15, -0.1) is 0 Å². The third kappa shape index (κ3) is 6.79. The minimum atomic E-state index is -0.447. The molecule has 5 nitrogen and oxygen atoms in total. The van der Waals surface area contributed by atoms with Gasteiger partial charge in [0.15, 0.2) is 0 Å². The molecule has 7 rings (SSSR count). The van der Waals surface area contributed by atoms with Crippen LogP contribution in [0.1, 0.15) is 105 Å². The van der Waals surface area contributed by atoms with Crippen molar-refractivity contribution in [2.24, 2.45) is 5.92 Å². The van der Waals surface area contributed by atoms with Crippen molar-refractivity contribution in [2.75, 3.05) is 13.2 Å². The molecule has 4 aromatic rings. The largest absolute Gasteiger partial charge is 0.493 e. The topological polar surface area (TPSA) is 56.8 Å². The van der Waals surface area contributed by atoms with Gasteiger partial charge in [0.05, 0.1) is 12.6 Å². The lowest BCUT2D eigenvalue weighted by atomic mass is 9.93. The van der Waals surface area contributed by atoms with Crippen molar-refractivity contribution in [3.63, 3.8) is 0 Å². The summed E-state index contributed by atoms with van der Waals surface area (Å²) in [6.07, 6.45) is 14.2. The molecule has 1 fully saturated rings. The van der Waals surface area contributed by atoms with E-state index in [2.05, 4.69) is 41.7 Å². The number of carbonyl (C=O) groups is 1. The Labute approximate surface area is 273 Å². The first kappa shape index (κ1) is 30.4. The first-order chi connectivity index (χ1) is 22.7. The number of fused-ring (bicyclic) bond motifs is 5. The van der Waals surface area contributed by atoms with Crippen LogP contribution in [0.5, 0.6) is 17.2 Å². The minimum absolute atomic E-state index is 0.00715. The molecular weight excluding hydrogens is 570 g/mol. The molecule has 1 amide bonds. The molecule has 1 saturated carbocycles. The summed E-state index contributed by atoms with van der Waals surface area (Å²) >= 11 is 0. The Morgan fingerprint density at radius 1 is 0.630 bits per heavy atom. The smallest absolute Gasteiger partial charge is 0.407 e. The highest BCUT2D eigenvalue weighted by Crippen LogP contribution is 2.46. The van der Waals surface area contributed by atoms with Gasteiger partial charge in [0, 0.05) is 23.1 Å².